The van der Waals surface area contributed by atoms with E-state index in [2.05, 4.69) is 88.7 Å². The van der Waals surface area contributed by atoms with E-state index in [0.29, 0.717) is 0 Å². The molecule has 0 bridgehead atoms. The third-order valence-corrected chi connectivity index (χ3v) is 5.01. The average Bonchev–Trinajstić information content (AvgIpc) is 2.98. The number of halogens is 1. The van der Waals surface area contributed by atoms with Crippen LogP contribution in [-0.2, 0) is 0 Å². The van der Waals surface area contributed by atoms with E-state index in [1.54, 1.807) is 0 Å². The van der Waals surface area contributed by atoms with Crippen LogP contribution in [0, 0.1) is 0 Å². The minimum atomic E-state index is 0.910. The second kappa shape index (κ2) is 5.22. The third kappa shape index (κ3) is 2.07. The lowest BCUT2D eigenvalue weighted by molar-refractivity contribution is 0.670. The van der Waals surface area contributed by atoms with Crippen LogP contribution in [0.1, 0.15) is 0 Å². The summed E-state index contributed by atoms with van der Waals surface area (Å²) < 4.78 is 7.23. The van der Waals surface area contributed by atoms with Gasteiger partial charge in [-0.25, -0.2) is 0 Å². The summed E-state index contributed by atoms with van der Waals surface area (Å²) >= 11 is 3.52. The smallest absolute Gasteiger partial charge is 0.143 e. The van der Waals surface area contributed by atoms with Crippen LogP contribution in [0.2, 0.25) is 0 Å². The molecule has 5 rings (SSSR count). The molecule has 0 amide bonds. The molecule has 0 unspecified atom stereocenters. The molecule has 0 atom stereocenters. The number of hydrogen-bond donors (Lipinski definition) is 0. The van der Waals surface area contributed by atoms with Gasteiger partial charge in [0.1, 0.15) is 11.2 Å². The van der Waals surface area contributed by atoms with Crippen molar-refractivity contribution in [2.75, 3.05) is 0 Å². The van der Waals surface area contributed by atoms with Crippen molar-refractivity contribution in [2.24, 2.45) is 0 Å². The van der Waals surface area contributed by atoms with Gasteiger partial charge >= 0.3 is 0 Å². The number of benzene rings is 4. The molecule has 0 radical (unpaired) electrons. The molecule has 5 aromatic rings. The topological polar surface area (TPSA) is 13.1 Å². The molecule has 0 aliphatic heterocycles. The Labute approximate surface area is 147 Å². The van der Waals surface area contributed by atoms with Crippen molar-refractivity contribution in [2.45, 2.75) is 0 Å². The van der Waals surface area contributed by atoms with Crippen molar-refractivity contribution in [1.29, 1.82) is 0 Å². The van der Waals surface area contributed by atoms with Crippen molar-refractivity contribution >= 4 is 48.6 Å². The summed E-state index contributed by atoms with van der Waals surface area (Å²) in [6, 6.07) is 27.5. The monoisotopic (exact) mass is 372 g/mol. The van der Waals surface area contributed by atoms with Crippen LogP contribution in [-0.4, -0.2) is 0 Å². The standard InChI is InChI=1S/C22H13BrO/c23-17-10-11-19-20-7-3-6-18(22(20)24-21(19)13-17)16-9-8-14-4-1-2-5-15(14)12-16/h1-13H. The normalized spacial score (nSPS) is 11.5. The quantitative estimate of drug-likeness (QED) is 0.304. The molecular formula is C22H13BrO. The van der Waals surface area contributed by atoms with Crippen LogP contribution < -0.4 is 0 Å². The van der Waals surface area contributed by atoms with Gasteiger partial charge in [0.25, 0.3) is 0 Å². The Kier molecular flexibility index (Phi) is 3.00. The Morgan fingerprint density at radius 2 is 1.54 bits per heavy atom. The second-order valence-electron chi connectivity index (χ2n) is 5.99. The molecule has 0 fully saturated rings. The molecule has 1 nitrogen and oxygen atoms in total. The lowest BCUT2D eigenvalue weighted by Gasteiger charge is -2.05. The van der Waals surface area contributed by atoms with E-state index in [-0.39, 0.29) is 0 Å². The molecule has 0 N–H and O–H groups in total. The predicted molar refractivity (Wildman–Crippen MR) is 104 cm³/mol. The van der Waals surface area contributed by atoms with Gasteiger partial charge in [0.05, 0.1) is 0 Å². The van der Waals surface area contributed by atoms with E-state index in [9.17, 15) is 0 Å². The molecule has 1 heterocycles. The summed E-state index contributed by atoms with van der Waals surface area (Å²) in [6.07, 6.45) is 0. The molecule has 0 saturated heterocycles. The molecular weight excluding hydrogens is 360 g/mol. The predicted octanol–water partition coefficient (Wildman–Crippen LogP) is 7.17. The highest BCUT2D eigenvalue weighted by atomic mass is 79.9. The van der Waals surface area contributed by atoms with E-state index in [1.165, 1.54) is 16.3 Å². The third-order valence-electron chi connectivity index (χ3n) is 4.52. The van der Waals surface area contributed by atoms with Gasteiger partial charge < -0.3 is 4.42 Å². The Morgan fingerprint density at radius 3 is 2.46 bits per heavy atom. The van der Waals surface area contributed by atoms with Crippen molar-refractivity contribution in [3.63, 3.8) is 0 Å². The lowest BCUT2D eigenvalue weighted by atomic mass is 9.99. The lowest BCUT2D eigenvalue weighted by Crippen LogP contribution is -1.80. The SMILES string of the molecule is Brc1ccc2c(c1)oc1c(-c3ccc4ccccc4c3)cccc12. The van der Waals surface area contributed by atoms with Crippen molar-refractivity contribution in [3.05, 3.63) is 83.3 Å². The van der Waals surface area contributed by atoms with E-state index < -0.39 is 0 Å². The van der Waals surface area contributed by atoms with Crippen LogP contribution in [0.5, 0.6) is 0 Å². The van der Waals surface area contributed by atoms with E-state index >= 15 is 0 Å². The Bertz CT molecular complexity index is 1220. The average molecular weight is 373 g/mol. The van der Waals surface area contributed by atoms with Crippen LogP contribution in [0.4, 0.5) is 0 Å². The second-order valence-corrected chi connectivity index (χ2v) is 6.90. The van der Waals surface area contributed by atoms with Gasteiger partial charge in [-0.05, 0) is 40.6 Å². The largest absolute Gasteiger partial charge is 0.455 e. The van der Waals surface area contributed by atoms with Crippen LogP contribution >= 0.6 is 15.9 Å². The zero-order chi connectivity index (χ0) is 16.1. The fourth-order valence-corrected chi connectivity index (χ4v) is 3.70. The summed E-state index contributed by atoms with van der Waals surface area (Å²) in [5.74, 6) is 0. The molecule has 0 aliphatic rings. The molecule has 4 aromatic carbocycles. The van der Waals surface area contributed by atoms with Gasteiger partial charge in [-0.3, -0.25) is 0 Å². The summed E-state index contributed by atoms with van der Waals surface area (Å²) in [5.41, 5.74) is 4.16. The molecule has 24 heavy (non-hydrogen) atoms. The van der Waals surface area contributed by atoms with Gasteiger partial charge in [0.15, 0.2) is 0 Å². The van der Waals surface area contributed by atoms with E-state index in [0.717, 1.165) is 32.0 Å². The molecule has 2 heteroatoms. The van der Waals surface area contributed by atoms with E-state index in [1.807, 2.05) is 6.07 Å². The number of rotatable bonds is 1. The zero-order valence-corrected chi connectivity index (χ0v) is 14.4. The van der Waals surface area contributed by atoms with Gasteiger partial charge in [0.2, 0.25) is 0 Å². The van der Waals surface area contributed by atoms with E-state index in [4.69, 9.17) is 4.42 Å². The highest BCUT2D eigenvalue weighted by molar-refractivity contribution is 9.10. The summed E-state index contributed by atoms with van der Waals surface area (Å²) in [4.78, 5) is 0. The highest BCUT2D eigenvalue weighted by Gasteiger charge is 2.12. The maximum Gasteiger partial charge on any atom is 0.143 e. The fraction of sp³-hybridized carbons (Fsp3) is 0. The number of fused-ring (bicyclic) bond motifs is 4. The first-order chi connectivity index (χ1) is 11.8. The molecule has 0 aliphatic carbocycles. The minimum absolute atomic E-state index is 0.910. The first-order valence-electron chi connectivity index (χ1n) is 7.89. The molecule has 0 saturated carbocycles. The van der Waals surface area contributed by atoms with Crippen LogP contribution in [0.3, 0.4) is 0 Å². The highest BCUT2D eigenvalue weighted by Crippen LogP contribution is 2.37. The molecule has 114 valence electrons. The van der Waals surface area contributed by atoms with Crippen LogP contribution in [0.25, 0.3) is 43.8 Å². The summed E-state index contributed by atoms with van der Waals surface area (Å²) in [7, 11) is 0. The maximum absolute atomic E-state index is 6.20. The summed E-state index contributed by atoms with van der Waals surface area (Å²) in [6.45, 7) is 0. The number of para-hydroxylation sites is 1. The first-order valence-corrected chi connectivity index (χ1v) is 8.69. The van der Waals surface area contributed by atoms with Gasteiger partial charge in [0, 0.05) is 20.8 Å². The van der Waals surface area contributed by atoms with Crippen molar-refractivity contribution in [3.8, 4) is 11.1 Å². The minimum Gasteiger partial charge on any atom is -0.455 e. The Morgan fingerprint density at radius 1 is 0.667 bits per heavy atom. The summed E-state index contributed by atoms with van der Waals surface area (Å²) in [5, 5.41) is 4.80. The Balaban J connectivity index is 1.83. The fourth-order valence-electron chi connectivity index (χ4n) is 3.36. The van der Waals surface area contributed by atoms with Gasteiger partial charge in [-0.2, -0.15) is 0 Å². The van der Waals surface area contributed by atoms with Crippen molar-refractivity contribution < 1.29 is 4.42 Å². The molecule has 0 spiro atoms. The van der Waals surface area contributed by atoms with Crippen molar-refractivity contribution in [1.82, 2.24) is 0 Å². The molecule has 1 aromatic heterocycles. The van der Waals surface area contributed by atoms with Gasteiger partial charge in [-0.15, -0.1) is 0 Å². The zero-order valence-electron chi connectivity index (χ0n) is 12.8. The number of hydrogen-bond acceptors (Lipinski definition) is 1. The van der Waals surface area contributed by atoms with Gasteiger partial charge in [-0.1, -0.05) is 70.5 Å². The maximum atomic E-state index is 6.20. The Hall–Kier alpha value is -2.58. The first kappa shape index (κ1) is 13.8. The number of furan rings is 1. The van der Waals surface area contributed by atoms with Crippen LogP contribution in [0.15, 0.2) is 87.8 Å².